The Bertz CT molecular complexity index is 689. The van der Waals surface area contributed by atoms with Gasteiger partial charge in [-0.15, -0.1) is 0 Å². The summed E-state index contributed by atoms with van der Waals surface area (Å²) in [5.41, 5.74) is 2.27. The average Bonchev–Trinajstić information content (AvgIpc) is 2.95. The molecule has 130 valence electrons. The second-order valence-electron chi connectivity index (χ2n) is 6.08. The van der Waals surface area contributed by atoms with Crippen LogP contribution < -0.4 is 10.1 Å². The number of amides is 1. The number of hydrogen-bond donors (Lipinski definition) is 2. The second kappa shape index (κ2) is 9.13. The van der Waals surface area contributed by atoms with Gasteiger partial charge in [0, 0.05) is 36.3 Å². The van der Waals surface area contributed by atoms with Crippen LogP contribution in [0.25, 0.3) is 10.9 Å². The van der Waals surface area contributed by atoms with Crippen molar-refractivity contribution in [3.63, 3.8) is 0 Å². The molecule has 0 saturated carbocycles. The third kappa shape index (κ3) is 5.42. The number of benzene rings is 1. The first-order valence-electron chi connectivity index (χ1n) is 8.42. The molecule has 5 heteroatoms. The molecule has 0 radical (unpaired) electrons. The van der Waals surface area contributed by atoms with Gasteiger partial charge in [-0.3, -0.25) is 4.79 Å². The molecule has 0 aliphatic heterocycles. The van der Waals surface area contributed by atoms with E-state index in [2.05, 4.69) is 23.3 Å². The zero-order chi connectivity index (χ0) is 17.4. The van der Waals surface area contributed by atoms with E-state index in [1.807, 2.05) is 43.4 Å². The molecule has 1 aromatic carbocycles. The molecule has 0 atom stereocenters. The molecule has 5 nitrogen and oxygen atoms in total. The number of aromatic nitrogens is 1. The number of carbonyl (C=O) groups is 1. The third-order valence-corrected chi connectivity index (χ3v) is 3.65. The fraction of sp³-hybridized carbons (Fsp3) is 0.421. The van der Waals surface area contributed by atoms with Crippen LogP contribution in [0, 0.1) is 0 Å². The molecule has 0 saturated heterocycles. The normalized spacial score (nSPS) is 11.5. The van der Waals surface area contributed by atoms with Crippen molar-refractivity contribution >= 4 is 16.8 Å². The summed E-state index contributed by atoms with van der Waals surface area (Å²) in [4.78, 5) is 17.0. The molecule has 2 aromatic rings. The van der Waals surface area contributed by atoms with Crippen LogP contribution in [0.1, 0.15) is 18.9 Å². The van der Waals surface area contributed by atoms with E-state index in [1.54, 1.807) is 6.08 Å². The first kappa shape index (κ1) is 18.1. The Morgan fingerprint density at radius 3 is 2.96 bits per heavy atom. The SMILES string of the molecule is CCCOc1ccc2[nH]cc(CCNC(=O)/C=C/CN(C)C)c2c1. The van der Waals surface area contributed by atoms with Crippen molar-refractivity contribution in [1.29, 1.82) is 0 Å². The van der Waals surface area contributed by atoms with E-state index in [9.17, 15) is 4.79 Å². The van der Waals surface area contributed by atoms with E-state index in [0.29, 0.717) is 6.54 Å². The lowest BCUT2D eigenvalue weighted by Gasteiger charge is -2.06. The Morgan fingerprint density at radius 2 is 2.21 bits per heavy atom. The van der Waals surface area contributed by atoms with Crippen LogP contribution in [-0.2, 0) is 11.2 Å². The highest BCUT2D eigenvalue weighted by Crippen LogP contribution is 2.24. The molecule has 24 heavy (non-hydrogen) atoms. The number of rotatable bonds is 9. The Balaban J connectivity index is 1.90. The van der Waals surface area contributed by atoms with Crippen LogP contribution in [0.2, 0.25) is 0 Å². The van der Waals surface area contributed by atoms with E-state index in [4.69, 9.17) is 4.74 Å². The van der Waals surface area contributed by atoms with Crippen molar-refractivity contribution in [2.45, 2.75) is 19.8 Å². The molecule has 0 bridgehead atoms. The van der Waals surface area contributed by atoms with Crippen molar-refractivity contribution in [2.24, 2.45) is 0 Å². The van der Waals surface area contributed by atoms with Crippen molar-refractivity contribution in [1.82, 2.24) is 15.2 Å². The van der Waals surface area contributed by atoms with Crippen LogP contribution in [-0.4, -0.2) is 49.6 Å². The number of aromatic amines is 1. The molecule has 0 spiro atoms. The highest BCUT2D eigenvalue weighted by atomic mass is 16.5. The summed E-state index contributed by atoms with van der Waals surface area (Å²) in [6, 6.07) is 6.08. The number of hydrogen-bond acceptors (Lipinski definition) is 3. The van der Waals surface area contributed by atoms with Gasteiger partial charge < -0.3 is 19.9 Å². The zero-order valence-corrected chi connectivity index (χ0v) is 14.8. The van der Waals surface area contributed by atoms with Crippen molar-refractivity contribution in [3.8, 4) is 5.75 Å². The molecule has 0 aliphatic carbocycles. The summed E-state index contributed by atoms with van der Waals surface area (Å²) in [7, 11) is 3.94. The van der Waals surface area contributed by atoms with Crippen molar-refractivity contribution in [2.75, 3.05) is 33.8 Å². The highest BCUT2D eigenvalue weighted by Gasteiger charge is 2.06. The minimum absolute atomic E-state index is 0.0522. The third-order valence-electron chi connectivity index (χ3n) is 3.65. The number of carbonyl (C=O) groups excluding carboxylic acids is 1. The number of nitrogens with one attached hydrogen (secondary N) is 2. The second-order valence-corrected chi connectivity index (χ2v) is 6.08. The standard InChI is InChI=1S/C19H27N3O2/c1-4-12-24-16-7-8-18-17(13-16)15(14-21-18)9-10-20-19(23)6-5-11-22(2)3/h5-8,13-14,21H,4,9-12H2,1-3H3,(H,20,23)/b6-5+. The van der Waals surface area contributed by atoms with Gasteiger partial charge in [-0.1, -0.05) is 13.0 Å². The van der Waals surface area contributed by atoms with E-state index in [1.165, 1.54) is 5.56 Å². The van der Waals surface area contributed by atoms with Gasteiger partial charge in [-0.25, -0.2) is 0 Å². The lowest BCUT2D eigenvalue weighted by molar-refractivity contribution is -0.116. The summed E-state index contributed by atoms with van der Waals surface area (Å²) in [5.74, 6) is 0.838. The van der Waals surface area contributed by atoms with Crippen molar-refractivity contribution < 1.29 is 9.53 Å². The maximum atomic E-state index is 11.7. The molecule has 0 aliphatic rings. The lowest BCUT2D eigenvalue weighted by atomic mass is 10.1. The number of ether oxygens (including phenoxy) is 1. The largest absolute Gasteiger partial charge is 0.494 e. The van der Waals surface area contributed by atoms with E-state index >= 15 is 0 Å². The summed E-state index contributed by atoms with van der Waals surface area (Å²) in [5, 5.41) is 4.07. The first-order chi connectivity index (χ1) is 11.6. The van der Waals surface area contributed by atoms with Crippen LogP contribution in [0.5, 0.6) is 5.75 Å². The minimum atomic E-state index is -0.0522. The van der Waals surface area contributed by atoms with Gasteiger partial charge in [-0.05, 0) is 50.7 Å². The minimum Gasteiger partial charge on any atom is -0.494 e. The van der Waals surface area contributed by atoms with Gasteiger partial charge in [0.1, 0.15) is 5.75 Å². The molecule has 0 fully saturated rings. The molecule has 2 N–H and O–H groups in total. The number of H-pyrrole nitrogens is 1. The first-order valence-corrected chi connectivity index (χ1v) is 8.42. The van der Waals surface area contributed by atoms with Crippen LogP contribution >= 0.6 is 0 Å². The highest BCUT2D eigenvalue weighted by molar-refractivity contribution is 5.87. The number of nitrogens with zero attached hydrogens (tertiary/aromatic N) is 1. The Hall–Kier alpha value is -2.27. The lowest BCUT2D eigenvalue weighted by Crippen LogP contribution is -2.24. The quantitative estimate of drug-likeness (QED) is 0.696. The maximum absolute atomic E-state index is 11.7. The average molecular weight is 329 g/mol. The number of fused-ring (bicyclic) bond motifs is 1. The van der Waals surface area contributed by atoms with E-state index in [0.717, 1.165) is 42.6 Å². The monoisotopic (exact) mass is 329 g/mol. The van der Waals surface area contributed by atoms with Gasteiger partial charge >= 0.3 is 0 Å². The topological polar surface area (TPSA) is 57.4 Å². The maximum Gasteiger partial charge on any atom is 0.243 e. The van der Waals surface area contributed by atoms with E-state index in [-0.39, 0.29) is 5.91 Å². The van der Waals surface area contributed by atoms with E-state index < -0.39 is 0 Å². The van der Waals surface area contributed by atoms with Crippen molar-refractivity contribution in [3.05, 3.63) is 42.1 Å². The Morgan fingerprint density at radius 1 is 1.38 bits per heavy atom. The predicted octanol–water partition coefficient (Wildman–Crippen LogP) is 2.73. The summed E-state index contributed by atoms with van der Waals surface area (Å²) >= 11 is 0. The Labute approximate surface area is 143 Å². The van der Waals surface area contributed by atoms with Gasteiger partial charge in [-0.2, -0.15) is 0 Å². The summed E-state index contributed by atoms with van der Waals surface area (Å²) in [6.45, 7) is 4.19. The smallest absolute Gasteiger partial charge is 0.243 e. The summed E-state index contributed by atoms with van der Waals surface area (Å²) < 4.78 is 5.70. The molecule has 2 rings (SSSR count). The predicted molar refractivity (Wildman–Crippen MR) is 98.5 cm³/mol. The van der Waals surface area contributed by atoms with Crippen LogP contribution in [0.4, 0.5) is 0 Å². The summed E-state index contributed by atoms with van der Waals surface area (Å²) in [6.07, 6.45) is 7.22. The molecule has 1 aromatic heterocycles. The fourth-order valence-corrected chi connectivity index (χ4v) is 2.42. The van der Waals surface area contributed by atoms with Crippen LogP contribution in [0.3, 0.4) is 0 Å². The van der Waals surface area contributed by atoms with Gasteiger partial charge in [0.05, 0.1) is 6.61 Å². The zero-order valence-electron chi connectivity index (χ0n) is 14.8. The molecular formula is C19H27N3O2. The molecule has 0 unspecified atom stereocenters. The molecule has 1 amide bonds. The van der Waals surface area contributed by atoms with Gasteiger partial charge in [0.2, 0.25) is 5.91 Å². The van der Waals surface area contributed by atoms with Crippen LogP contribution in [0.15, 0.2) is 36.5 Å². The molecule has 1 heterocycles. The molecular weight excluding hydrogens is 302 g/mol. The van der Waals surface area contributed by atoms with Gasteiger partial charge in [0.15, 0.2) is 0 Å². The Kier molecular flexibility index (Phi) is 6.88. The number of likely N-dealkylation sites (N-methyl/N-ethyl adjacent to an activating group) is 1. The fourth-order valence-electron chi connectivity index (χ4n) is 2.42. The van der Waals surface area contributed by atoms with Gasteiger partial charge in [0.25, 0.3) is 0 Å².